The van der Waals surface area contributed by atoms with E-state index >= 15 is 0 Å². The van der Waals surface area contributed by atoms with E-state index in [1.807, 2.05) is 6.92 Å². The predicted octanol–water partition coefficient (Wildman–Crippen LogP) is 2.34. The summed E-state index contributed by atoms with van der Waals surface area (Å²) in [5, 5.41) is 3.19. The first-order chi connectivity index (χ1) is 15.5. The van der Waals surface area contributed by atoms with Crippen molar-refractivity contribution in [2.75, 3.05) is 29.3 Å². The molecule has 2 aliphatic rings. The number of nitrogens with zero attached hydrogens (tertiary/aromatic N) is 4. The van der Waals surface area contributed by atoms with Gasteiger partial charge in [-0.1, -0.05) is 19.8 Å². The maximum absolute atomic E-state index is 13.0. The van der Waals surface area contributed by atoms with Crippen LogP contribution in [0.2, 0.25) is 0 Å². The number of nitrogens with one attached hydrogen (secondary N) is 2. The number of anilines is 4. The Morgan fingerprint density at radius 3 is 2.72 bits per heavy atom. The van der Waals surface area contributed by atoms with Crippen molar-refractivity contribution in [1.29, 1.82) is 0 Å². The van der Waals surface area contributed by atoms with E-state index in [4.69, 9.17) is 15.6 Å². The minimum atomic E-state index is -0.412. The number of hydrazine groups is 1. The molecule has 1 saturated carbocycles. The van der Waals surface area contributed by atoms with Crippen molar-refractivity contribution in [2.45, 2.75) is 51.1 Å². The maximum atomic E-state index is 13.0. The average molecular weight is 440 g/mol. The summed E-state index contributed by atoms with van der Waals surface area (Å²) in [5.74, 6) is 6.50. The Morgan fingerprint density at radius 1 is 1.31 bits per heavy atom. The smallest absolute Gasteiger partial charge is 0.265 e. The molecule has 1 aliphatic carbocycles. The largest absolute Gasteiger partial charge is 0.495 e. The standard InChI is InChI=1S/C22H29N7O3/c1-4-16-21(31)28(2)17-12-24-22(26-19(17)29(16)14-7-5-6-8-14)25-15-10-9-13(20(30)27-23)11-18(15)32-3/h9-12,14,16H,4-8,23H2,1-3H3,(H,27,30)(H,24,25,26)/t16-/m1/s1. The molecule has 1 atom stereocenters. The van der Waals surface area contributed by atoms with Gasteiger partial charge in [0.25, 0.3) is 5.91 Å². The monoisotopic (exact) mass is 439 g/mol. The predicted molar refractivity (Wildman–Crippen MR) is 122 cm³/mol. The minimum absolute atomic E-state index is 0.0756. The lowest BCUT2D eigenvalue weighted by Gasteiger charge is -2.43. The highest BCUT2D eigenvalue weighted by Gasteiger charge is 2.41. The molecule has 1 aromatic heterocycles. The van der Waals surface area contributed by atoms with Gasteiger partial charge in [0, 0.05) is 18.7 Å². The Bertz CT molecular complexity index is 1020. The van der Waals surface area contributed by atoms with Gasteiger partial charge in [-0.2, -0.15) is 4.98 Å². The summed E-state index contributed by atoms with van der Waals surface area (Å²) in [6, 6.07) is 5.00. The van der Waals surface area contributed by atoms with Gasteiger partial charge in [0.1, 0.15) is 17.5 Å². The minimum Gasteiger partial charge on any atom is -0.495 e. The van der Waals surface area contributed by atoms with Crippen molar-refractivity contribution in [3.05, 3.63) is 30.0 Å². The fourth-order valence-electron chi connectivity index (χ4n) is 4.58. The second-order valence-electron chi connectivity index (χ2n) is 8.08. The van der Waals surface area contributed by atoms with Crippen LogP contribution in [0.25, 0.3) is 0 Å². The number of benzene rings is 1. The Kier molecular flexibility index (Phi) is 6.13. The van der Waals surface area contributed by atoms with Gasteiger partial charge in [0.2, 0.25) is 11.9 Å². The molecule has 2 amide bonds. The molecule has 1 aromatic carbocycles. The number of hydrogen-bond acceptors (Lipinski definition) is 8. The number of carbonyl (C=O) groups excluding carboxylic acids is 2. The molecule has 32 heavy (non-hydrogen) atoms. The first-order valence-electron chi connectivity index (χ1n) is 10.9. The normalized spacial score (nSPS) is 18.5. The number of nitrogen functional groups attached to an aromatic ring is 1. The highest BCUT2D eigenvalue weighted by molar-refractivity contribution is 6.04. The lowest BCUT2D eigenvalue weighted by molar-refractivity contribution is -0.120. The van der Waals surface area contributed by atoms with Crippen LogP contribution in [0.1, 0.15) is 49.4 Å². The molecule has 0 bridgehead atoms. The first kappa shape index (κ1) is 21.8. The average Bonchev–Trinajstić information content (AvgIpc) is 3.35. The number of ether oxygens (including phenoxy) is 1. The molecule has 2 aromatic rings. The number of hydrogen-bond donors (Lipinski definition) is 3. The second-order valence-corrected chi connectivity index (χ2v) is 8.08. The Morgan fingerprint density at radius 2 is 2.06 bits per heavy atom. The van der Waals surface area contributed by atoms with Crippen LogP contribution in [0.4, 0.5) is 23.1 Å². The Labute approximate surface area is 187 Å². The van der Waals surface area contributed by atoms with Gasteiger partial charge in [0.15, 0.2) is 5.82 Å². The summed E-state index contributed by atoms with van der Waals surface area (Å²) in [4.78, 5) is 37.9. The molecular weight excluding hydrogens is 410 g/mol. The Balaban J connectivity index is 1.70. The zero-order valence-electron chi connectivity index (χ0n) is 18.6. The number of aromatic nitrogens is 2. The molecule has 4 N–H and O–H groups in total. The molecule has 2 heterocycles. The number of nitrogens with two attached hydrogens (primary N) is 1. The molecule has 0 saturated heterocycles. The van der Waals surface area contributed by atoms with Crippen LogP contribution in [-0.2, 0) is 4.79 Å². The number of rotatable bonds is 6. The summed E-state index contributed by atoms with van der Waals surface area (Å²) in [6.45, 7) is 2.04. The zero-order valence-corrected chi connectivity index (χ0v) is 18.6. The van der Waals surface area contributed by atoms with Gasteiger partial charge in [-0.3, -0.25) is 15.0 Å². The topological polar surface area (TPSA) is 126 Å². The summed E-state index contributed by atoms with van der Waals surface area (Å²) >= 11 is 0. The molecule has 0 spiro atoms. The number of amides is 2. The molecule has 10 nitrogen and oxygen atoms in total. The number of carbonyl (C=O) groups is 2. The van der Waals surface area contributed by atoms with Crippen LogP contribution >= 0.6 is 0 Å². The van der Waals surface area contributed by atoms with Crippen molar-refractivity contribution < 1.29 is 14.3 Å². The zero-order chi connectivity index (χ0) is 22.8. The van der Waals surface area contributed by atoms with Gasteiger partial charge in [-0.15, -0.1) is 0 Å². The van der Waals surface area contributed by atoms with Crippen molar-refractivity contribution in [3.63, 3.8) is 0 Å². The summed E-state index contributed by atoms with van der Waals surface area (Å²) in [5.41, 5.74) is 3.80. The van der Waals surface area contributed by atoms with E-state index in [1.54, 1.807) is 36.3 Å². The third-order valence-corrected chi connectivity index (χ3v) is 6.25. The lowest BCUT2D eigenvalue weighted by atomic mass is 10.0. The molecular formula is C22H29N7O3. The van der Waals surface area contributed by atoms with E-state index in [1.165, 1.54) is 7.11 Å². The molecule has 1 aliphatic heterocycles. The van der Waals surface area contributed by atoms with Gasteiger partial charge in [0.05, 0.1) is 19.0 Å². The van der Waals surface area contributed by atoms with Gasteiger partial charge >= 0.3 is 0 Å². The van der Waals surface area contributed by atoms with Crippen LogP contribution < -0.4 is 31.1 Å². The van der Waals surface area contributed by atoms with E-state index in [2.05, 4.69) is 20.6 Å². The van der Waals surface area contributed by atoms with Crippen molar-refractivity contribution >= 4 is 35.0 Å². The quantitative estimate of drug-likeness (QED) is 0.356. The molecule has 170 valence electrons. The van der Waals surface area contributed by atoms with E-state index < -0.39 is 5.91 Å². The van der Waals surface area contributed by atoms with Crippen molar-refractivity contribution in [1.82, 2.24) is 15.4 Å². The van der Waals surface area contributed by atoms with Crippen LogP contribution in [0.5, 0.6) is 5.75 Å². The molecule has 10 heteroatoms. The first-order valence-corrected chi connectivity index (χ1v) is 10.9. The summed E-state index contributed by atoms with van der Waals surface area (Å²) < 4.78 is 5.43. The molecule has 0 unspecified atom stereocenters. The summed E-state index contributed by atoms with van der Waals surface area (Å²) in [6.07, 6.45) is 6.82. The maximum Gasteiger partial charge on any atom is 0.265 e. The summed E-state index contributed by atoms with van der Waals surface area (Å²) in [7, 11) is 3.29. The van der Waals surface area contributed by atoms with Crippen LogP contribution in [0.3, 0.4) is 0 Å². The van der Waals surface area contributed by atoms with Crippen molar-refractivity contribution in [3.8, 4) is 5.75 Å². The van der Waals surface area contributed by atoms with Crippen LogP contribution in [0, 0.1) is 0 Å². The molecule has 1 fully saturated rings. The fraction of sp³-hybridized carbons (Fsp3) is 0.455. The molecule has 4 rings (SSSR count). The number of methoxy groups -OCH3 is 1. The highest BCUT2D eigenvalue weighted by Crippen LogP contribution is 2.40. The van der Waals surface area contributed by atoms with Crippen LogP contribution in [0.15, 0.2) is 24.4 Å². The van der Waals surface area contributed by atoms with Crippen LogP contribution in [-0.4, -0.2) is 48.0 Å². The van der Waals surface area contributed by atoms with Crippen molar-refractivity contribution in [2.24, 2.45) is 5.84 Å². The lowest BCUT2D eigenvalue weighted by Crippen LogP contribution is -2.55. The van der Waals surface area contributed by atoms with Gasteiger partial charge < -0.3 is 19.9 Å². The number of likely N-dealkylation sites (N-methyl/N-ethyl adjacent to an activating group) is 1. The third kappa shape index (κ3) is 3.81. The SMILES string of the molecule is CC[C@@H]1C(=O)N(C)c2cnc(Nc3ccc(C(=O)NN)cc3OC)nc2N1C1CCCC1. The Hall–Kier alpha value is -3.40. The van der Waals surface area contributed by atoms with E-state index in [0.29, 0.717) is 41.1 Å². The second kappa shape index (κ2) is 8.99. The third-order valence-electron chi connectivity index (χ3n) is 6.25. The van der Waals surface area contributed by atoms with E-state index in [9.17, 15) is 9.59 Å². The highest BCUT2D eigenvalue weighted by atomic mass is 16.5. The van der Waals surface area contributed by atoms with Gasteiger partial charge in [-0.25, -0.2) is 10.8 Å². The van der Waals surface area contributed by atoms with E-state index in [-0.39, 0.29) is 11.9 Å². The van der Waals surface area contributed by atoms with Gasteiger partial charge in [-0.05, 0) is 37.5 Å². The molecule has 0 radical (unpaired) electrons. The fourth-order valence-corrected chi connectivity index (χ4v) is 4.58. The van der Waals surface area contributed by atoms with E-state index in [0.717, 1.165) is 31.5 Å². The number of fused-ring (bicyclic) bond motifs is 1.